The first-order valence-electron chi connectivity index (χ1n) is 19.3. The minimum absolute atomic E-state index is 0.00531. The number of rotatable bonds is 6. The molecule has 6 aliphatic rings. The summed E-state index contributed by atoms with van der Waals surface area (Å²) >= 11 is 0. The SMILES string of the molecule is C=C(C)[C@@H]1CCC2(N)CC[C@]3(C)C(CCC4[C@@]5(C)CC=C(C6=CC[C@](CF)(C(=O)OCc7ccccc7)CC6)C(C)(C)C5CC[C@]43C)[C@@H]12. The van der Waals surface area contributed by atoms with Crippen molar-refractivity contribution in [2.75, 3.05) is 6.67 Å². The first kappa shape index (κ1) is 34.3. The lowest BCUT2D eigenvalue weighted by atomic mass is 9.33. The topological polar surface area (TPSA) is 52.3 Å². The maximum absolute atomic E-state index is 14.6. The smallest absolute Gasteiger partial charge is 0.315 e. The van der Waals surface area contributed by atoms with Crippen LogP contribution in [0.1, 0.15) is 124 Å². The number of fused-ring (bicyclic) bond motifs is 7. The summed E-state index contributed by atoms with van der Waals surface area (Å²) in [5, 5.41) is 0. The molecule has 10 atom stereocenters. The van der Waals surface area contributed by atoms with E-state index in [1.807, 2.05) is 30.3 Å². The maximum atomic E-state index is 14.6. The molecule has 0 saturated heterocycles. The summed E-state index contributed by atoms with van der Waals surface area (Å²) in [6, 6.07) is 9.68. The second kappa shape index (κ2) is 11.7. The first-order chi connectivity index (χ1) is 22.7. The molecule has 1 aromatic rings. The van der Waals surface area contributed by atoms with Crippen molar-refractivity contribution in [3.8, 4) is 0 Å². The summed E-state index contributed by atoms with van der Waals surface area (Å²) < 4.78 is 20.3. The fraction of sp³-hybridized carbons (Fsp3) is 0.705. The highest BCUT2D eigenvalue weighted by molar-refractivity contribution is 5.78. The first-order valence-corrected chi connectivity index (χ1v) is 19.3. The van der Waals surface area contributed by atoms with E-state index in [0.717, 1.165) is 18.4 Å². The maximum Gasteiger partial charge on any atom is 0.315 e. The van der Waals surface area contributed by atoms with Crippen LogP contribution in [-0.4, -0.2) is 18.2 Å². The van der Waals surface area contributed by atoms with Crippen LogP contribution >= 0.6 is 0 Å². The van der Waals surface area contributed by atoms with Gasteiger partial charge in [0.2, 0.25) is 0 Å². The number of esters is 1. The van der Waals surface area contributed by atoms with Crippen LogP contribution < -0.4 is 5.73 Å². The summed E-state index contributed by atoms with van der Waals surface area (Å²) in [6.45, 7) is 19.3. The third-order valence-electron chi connectivity index (χ3n) is 16.6. The number of carbonyl (C=O) groups excluding carboxylic acids is 1. The highest BCUT2D eigenvalue weighted by Gasteiger charge is 2.70. The molecular weight excluding hydrogens is 593 g/mol. The van der Waals surface area contributed by atoms with Gasteiger partial charge in [0.15, 0.2) is 0 Å². The average molecular weight is 656 g/mol. The zero-order valence-electron chi connectivity index (χ0n) is 30.8. The van der Waals surface area contributed by atoms with E-state index in [1.165, 1.54) is 68.1 Å². The van der Waals surface area contributed by atoms with Crippen LogP contribution in [0.25, 0.3) is 0 Å². The number of allylic oxidation sites excluding steroid dienone is 5. The molecule has 0 spiro atoms. The van der Waals surface area contributed by atoms with Crippen LogP contribution in [0.4, 0.5) is 4.39 Å². The zero-order valence-corrected chi connectivity index (χ0v) is 30.8. The van der Waals surface area contributed by atoms with E-state index in [9.17, 15) is 9.18 Å². The van der Waals surface area contributed by atoms with Gasteiger partial charge in [-0.2, -0.15) is 0 Å². The summed E-state index contributed by atoms with van der Waals surface area (Å²) in [5.41, 5.74) is 12.2. The number of ether oxygens (including phenoxy) is 1. The number of benzene rings is 1. The predicted molar refractivity (Wildman–Crippen MR) is 194 cm³/mol. The lowest BCUT2D eigenvalue weighted by Crippen LogP contribution is -2.67. The van der Waals surface area contributed by atoms with Crippen molar-refractivity contribution in [3.63, 3.8) is 0 Å². The monoisotopic (exact) mass is 655 g/mol. The summed E-state index contributed by atoms with van der Waals surface area (Å²) in [5.74, 6) is 2.74. The van der Waals surface area contributed by atoms with Crippen molar-refractivity contribution < 1.29 is 13.9 Å². The molecule has 0 amide bonds. The van der Waals surface area contributed by atoms with E-state index >= 15 is 0 Å². The van der Waals surface area contributed by atoms with E-state index in [2.05, 4.69) is 60.3 Å². The normalized spacial score (nSPS) is 44.6. The highest BCUT2D eigenvalue weighted by Crippen LogP contribution is 2.76. The van der Waals surface area contributed by atoms with Gasteiger partial charge >= 0.3 is 5.97 Å². The van der Waals surface area contributed by atoms with Gasteiger partial charge in [0.05, 0.1) is 5.41 Å². The van der Waals surface area contributed by atoms with Gasteiger partial charge < -0.3 is 10.5 Å². The minimum atomic E-state index is -1.07. The second-order valence-electron chi connectivity index (χ2n) is 18.9. The average Bonchev–Trinajstić information content (AvgIpc) is 3.42. The molecule has 0 aromatic heterocycles. The standard InChI is InChI=1S/C44H62FNO2/c1-29(2)32-17-24-44(46)26-25-41(6)34(37(32)44)13-14-36-40(5)20-18-33(39(3,4)35(40)19-21-42(36,41)7)31-15-22-43(28-45,23-16-31)38(47)48-27-30-11-9-8-10-12-30/h8-12,15,18,32,34-37H,1,13-14,16-17,19-28,46H2,2-7H3/t32-,34?,35?,36?,37+,40-,41+,42+,43-,44?/m0/s1. The van der Waals surface area contributed by atoms with E-state index in [0.29, 0.717) is 53.3 Å². The van der Waals surface area contributed by atoms with E-state index in [1.54, 1.807) is 0 Å². The van der Waals surface area contributed by atoms with Crippen LogP contribution in [0.2, 0.25) is 0 Å². The Labute approximate surface area is 290 Å². The molecule has 0 heterocycles. The van der Waals surface area contributed by atoms with Crippen molar-refractivity contribution in [2.24, 2.45) is 62.4 Å². The molecule has 6 aliphatic carbocycles. The summed E-state index contributed by atoms with van der Waals surface area (Å²) in [7, 11) is 0. The molecule has 2 N–H and O–H groups in total. The number of hydrogen-bond acceptors (Lipinski definition) is 3. The Bertz CT molecular complexity index is 1510. The third-order valence-corrected chi connectivity index (χ3v) is 16.6. The minimum Gasteiger partial charge on any atom is -0.460 e. The predicted octanol–water partition coefficient (Wildman–Crippen LogP) is 10.7. The van der Waals surface area contributed by atoms with Crippen LogP contribution in [0.3, 0.4) is 0 Å². The largest absolute Gasteiger partial charge is 0.460 e. The zero-order chi connectivity index (χ0) is 34.3. The van der Waals surface area contributed by atoms with Crippen molar-refractivity contribution in [2.45, 2.75) is 131 Å². The molecule has 3 nitrogen and oxygen atoms in total. The van der Waals surface area contributed by atoms with Crippen molar-refractivity contribution >= 4 is 5.97 Å². The van der Waals surface area contributed by atoms with Crippen molar-refractivity contribution in [1.29, 1.82) is 0 Å². The number of nitrogens with two attached hydrogens (primary N) is 1. The number of hydrogen-bond donors (Lipinski definition) is 1. The quantitative estimate of drug-likeness (QED) is 0.245. The van der Waals surface area contributed by atoms with E-state index in [4.69, 9.17) is 10.5 Å². The van der Waals surface area contributed by atoms with Crippen molar-refractivity contribution in [3.05, 3.63) is 71.3 Å². The molecule has 0 radical (unpaired) electrons. The Kier molecular flexibility index (Phi) is 8.33. The number of carbonyl (C=O) groups is 1. The van der Waals surface area contributed by atoms with Crippen molar-refractivity contribution in [1.82, 2.24) is 0 Å². The molecule has 4 saturated carbocycles. The molecule has 0 bridgehead atoms. The van der Waals surface area contributed by atoms with Crippen LogP contribution in [0.15, 0.2) is 65.8 Å². The molecule has 262 valence electrons. The Balaban J connectivity index is 1.12. The molecule has 0 aliphatic heterocycles. The van der Waals surface area contributed by atoms with Crippen LogP contribution in [-0.2, 0) is 16.1 Å². The summed E-state index contributed by atoms with van der Waals surface area (Å²) in [4.78, 5) is 13.3. The second-order valence-corrected chi connectivity index (χ2v) is 18.9. The van der Waals surface area contributed by atoms with Gasteiger partial charge in [0.25, 0.3) is 0 Å². The lowest BCUT2D eigenvalue weighted by molar-refractivity contribution is -0.219. The third kappa shape index (κ3) is 4.84. The highest BCUT2D eigenvalue weighted by atomic mass is 19.1. The Morgan fingerprint density at radius 1 is 0.896 bits per heavy atom. The Morgan fingerprint density at radius 3 is 2.31 bits per heavy atom. The van der Waals surface area contributed by atoms with Crippen LogP contribution in [0, 0.1) is 56.7 Å². The Hall–Kier alpha value is -2.20. The van der Waals surface area contributed by atoms with Gasteiger partial charge in [0.1, 0.15) is 13.3 Å². The molecule has 1 aromatic carbocycles. The van der Waals surface area contributed by atoms with Gasteiger partial charge in [-0.25, -0.2) is 4.39 Å². The Morgan fingerprint density at radius 2 is 1.65 bits per heavy atom. The molecule has 4 fully saturated rings. The molecule has 48 heavy (non-hydrogen) atoms. The van der Waals surface area contributed by atoms with Gasteiger partial charge in [0, 0.05) is 5.54 Å². The van der Waals surface area contributed by atoms with E-state index in [-0.39, 0.29) is 23.0 Å². The van der Waals surface area contributed by atoms with Crippen LogP contribution in [0.5, 0.6) is 0 Å². The number of halogens is 1. The van der Waals surface area contributed by atoms with E-state index < -0.39 is 18.1 Å². The lowest BCUT2D eigenvalue weighted by Gasteiger charge is -2.72. The molecule has 4 heteroatoms. The fourth-order valence-corrected chi connectivity index (χ4v) is 13.7. The summed E-state index contributed by atoms with van der Waals surface area (Å²) in [6.07, 6.45) is 17.5. The number of alkyl halides is 1. The van der Waals surface area contributed by atoms with Gasteiger partial charge in [-0.3, -0.25) is 4.79 Å². The molecule has 7 rings (SSSR count). The van der Waals surface area contributed by atoms with Gasteiger partial charge in [-0.15, -0.1) is 0 Å². The van der Waals surface area contributed by atoms with Gasteiger partial charge in [-0.1, -0.05) is 89.3 Å². The fourth-order valence-electron chi connectivity index (χ4n) is 13.7. The van der Waals surface area contributed by atoms with Gasteiger partial charge in [-0.05, 0) is 152 Å². The molecule has 4 unspecified atom stereocenters. The molecular formula is C44H62FNO2.